The van der Waals surface area contributed by atoms with E-state index in [1.54, 1.807) is 48.5 Å². The van der Waals surface area contributed by atoms with Gasteiger partial charge in [-0.3, -0.25) is 10.1 Å². The van der Waals surface area contributed by atoms with Gasteiger partial charge in [-0.1, -0.05) is 28.1 Å². The van der Waals surface area contributed by atoms with E-state index >= 15 is 0 Å². The molecule has 0 fully saturated rings. The molecule has 0 heterocycles. The van der Waals surface area contributed by atoms with Gasteiger partial charge in [-0.25, -0.2) is 4.79 Å². The first kappa shape index (κ1) is 21.7. The van der Waals surface area contributed by atoms with Crippen LogP contribution >= 0.6 is 15.9 Å². The maximum Gasteiger partial charge on any atom is 0.335 e. The van der Waals surface area contributed by atoms with E-state index in [1.807, 2.05) is 0 Å². The Balaban J connectivity index is 1.86. The maximum atomic E-state index is 11.0. The van der Waals surface area contributed by atoms with Gasteiger partial charge in [-0.2, -0.15) is 5.26 Å². The Kier molecular flexibility index (Phi) is 6.80. The monoisotopic (exact) mass is 478 g/mol. The molecule has 3 aromatic carbocycles. The molecule has 0 aromatic heterocycles. The lowest BCUT2D eigenvalue weighted by molar-refractivity contribution is -0.384. The van der Waals surface area contributed by atoms with Crippen LogP contribution in [0.1, 0.15) is 27.0 Å². The Bertz CT molecular complexity index is 1200. The molecule has 7 nitrogen and oxygen atoms in total. The molecule has 0 bridgehead atoms. The van der Waals surface area contributed by atoms with E-state index in [1.165, 1.54) is 24.3 Å². The number of hydrogen-bond donors (Lipinski definition) is 1. The predicted octanol–water partition coefficient (Wildman–Crippen LogP) is 5.70. The number of hydrogen-bond acceptors (Lipinski definition) is 5. The van der Waals surface area contributed by atoms with Gasteiger partial charge in [-0.05, 0) is 59.7 Å². The zero-order valence-electron chi connectivity index (χ0n) is 16.0. The Morgan fingerprint density at radius 1 is 1.10 bits per heavy atom. The molecule has 0 atom stereocenters. The summed E-state index contributed by atoms with van der Waals surface area (Å²) in [6.45, 7) is 0.190. The van der Waals surface area contributed by atoms with Gasteiger partial charge in [0, 0.05) is 22.2 Å². The van der Waals surface area contributed by atoms with Gasteiger partial charge in [0.1, 0.15) is 12.4 Å². The highest BCUT2D eigenvalue weighted by Gasteiger charge is 2.09. The fraction of sp³-hybridized carbons (Fsp3) is 0.0435. The molecule has 0 spiro atoms. The number of allylic oxidation sites excluding steroid dienone is 1. The van der Waals surface area contributed by atoms with Crippen LogP contribution in [0.25, 0.3) is 11.6 Å². The van der Waals surface area contributed by atoms with Crippen LogP contribution in [0, 0.1) is 21.4 Å². The number of non-ortho nitro benzene ring substituents is 1. The number of nitro groups is 1. The fourth-order valence-corrected chi connectivity index (χ4v) is 3.15. The largest absolute Gasteiger partial charge is 0.488 e. The zero-order chi connectivity index (χ0) is 22.4. The summed E-state index contributed by atoms with van der Waals surface area (Å²) in [4.78, 5) is 21.3. The Morgan fingerprint density at radius 3 is 2.32 bits per heavy atom. The minimum atomic E-state index is -1.04. The van der Waals surface area contributed by atoms with Crippen molar-refractivity contribution in [3.8, 4) is 11.8 Å². The van der Waals surface area contributed by atoms with Gasteiger partial charge >= 0.3 is 5.97 Å². The van der Waals surface area contributed by atoms with Crippen molar-refractivity contribution in [2.45, 2.75) is 6.61 Å². The van der Waals surface area contributed by atoms with Crippen molar-refractivity contribution in [3.63, 3.8) is 0 Å². The summed E-state index contributed by atoms with van der Waals surface area (Å²) in [5.41, 5.74) is 2.46. The first-order valence-electron chi connectivity index (χ1n) is 8.98. The van der Waals surface area contributed by atoms with Crippen LogP contribution in [0.2, 0.25) is 0 Å². The van der Waals surface area contributed by atoms with Crippen molar-refractivity contribution in [3.05, 3.63) is 104 Å². The number of nitro benzene ring substituents is 1. The molecule has 8 heteroatoms. The Morgan fingerprint density at radius 2 is 1.74 bits per heavy atom. The summed E-state index contributed by atoms with van der Waals surface area (Å²) in [5.74, 6) is -0.514. The van der Waals surface area contributed by atoms with Crippen LogP contribution in [0.5, 0.6) is 5.75 Å². The minimum absolute atomic E-state index is 0.00333. The molecule has 1 N–H and O–H groups in total. The third-order valence-corrected chi connectivity index (χ3v) is 4.87. The molecular formula is C23H15BrN2O5. The number of nitrogens with zero attached hydrogens (tertiary/aromatic N) is 2. The summed E-state index contributed by atoms with van der Waals surface area (Å²) >= 11 is 3.41. The van der Waals surface area contributed by atoms with Crippen molar-refractivity contribution in [2.75, 3.05) is 0 Å². The van der Waals surface area contributed by atoms with Gasteiger partial charge in [0.05, 0.1) is 22.1 Å². The van der Waals surface area contributed by atoms with E-state index in [-0.39, 0.29) is 17.9 Å². The van der Waals surface area contributed by atoms with Crippen LogP contribution in [0.3, 0.4) is 0 Å². The first-order chi connectivity index (χ1) is 14.9. The predicted molar refractivity (Wildman–Crippen MR) is 118 cm³/mol. The first-order valence-corrected chi connectivity index (χ1v) is 9.78. The molecule has 0 aliphatic heterocycles. The number of carboxylic acid groups (broad SMARTS) is 1. The second-order valence-electron chi connectivity index (χ2n) is 6.45. The van der Waals surface area contributed by atoms with Crippen molar-refractivity contribution in [1.82, 2.24) is 0 Å². The number of rotatable bonds is 7. The second-order valence-corrected chi connectivity index (χ2v) is 7.36. The molecule has 0 amide bonds. The third kappa shape index (κ3) is 5.56. The van der Waals surface area contributed by atoms with Crippen LogP contribution in [0.15, 0.2) is 71.2 Å². The van der Waals surface area contributed by atoms with E-state index in [9.17, 15) is 20.2 Å². The number of nitriles is 1. The van der Waals surface area contributed by atoms with Crippen molar-refractivity contribution >= 4 is 39.2 Å². The van der Waals surface area contributed by atoms with Crippen LogP contribution in [-0.4, -0.2) is 16.0 Å². The number of carbonyl (C=O) groups is 1. The Labute approximate surface area is 186 Å². The number of benzene rings is 3. The van der Waals surface area contributed by atoms with E-state index in [0.717, 1.165) is 10.0 Å². The van der Waals surface area contributed by atoms with E-state index < -0.39 is 10.9 Å². The standard InChI is InChI=1S/C23H15BrN2O5/c24-20-7-10-22(31-14-15-1-8-21(9-2-15)26(29)30)18(12-20)11-19(13-25)16-3-5-17(6-4-16)23(27)28/h1-12H,14H2,(H,27,28)/b19-11-. The number of carboxylic acids is 1. The molecule has 0 unspecified atom stereocenters. The quantitative estimate of drug-likeness (QED) is 0.201. The molecule has 3 aromatic rings. The van der Waals surface area contributed by atoms with Crippen LogP contribution in [0.4, 0.5) is 5.69 Å². The zero-order valence-corrected chi connectivity index (χ0v) is 17.6. The summed E-state index contributed by atoms with van der Waals surface area (Å²) in [7, 11) is 0. The summed E-state index contributed by atoms with van der Waals surface area (Å²) in [6.07, 6.45) is 1.66. The summed E-state index contributed by atoms with van der Waals surface area (Å²) in [6, 6.07) is 19.6. The van der Waals surface area contributed by atoms with Gasteiger partial charge < -0.3 is 9.84 Å². The average molecular weight is 479 g/mol. The molecule has 154 valence electrons. The highest BCUT2D eigenvalue weighted by Crippen LogP contribution is 2.29. The van der Waals surface area contributed by atoms with Gasteiger partial charge in [0.2, 0.25) is 0 Å². The Hall–Kier alpha value is -3.96. The molecular weight excluding hydrogens is 464 g/mol. The lowest BCUT2D eigenvalue weighted by atomic mass is 10.0. The number of ether oxygens (including phenoxy) is 1. The average Bonchev–Trinajstić information content (AvgIpc) is 2.77. The van der Waals surface area contributed by atoms with Gasteiger partial charge in [0.15, 0.2) is 0 Å². The van der Waals surface area contributed by atoms with Crippen molar-refractivity contribution in [2.24, 2.45) is 0 Å². The molecule has 0 saturated heterocycles. The maximum absolute atomic E-state index is 11.0. The second kappa shape index (κ2) is 9.69. The van der Waals surface area contributed by atoms with Crippen molar-refractivity contribution in [1.29, 1.82) is 5.26 Å². The molecule has 0 radical (unpaired) electrons. The minimum Gasteiger partial charge on any atom is -0.488 e. The fourth-order valence-electron chi connectivity index (χ4n) is 2.77. The molecule has 31 heavy (non-hydrogen) atoms. The molecule has 0 aliphatic rings. The summed E-state index contributed by atoms with van der Waals surface area (Å²) in [5, 5.41) is 29.4. The van der Waals surface area contributed by atoms with E-state index in [4.69, 9.17) is 9.84 Å². The molecule has 0 aliphatic carbocycles. The van der Waals surface area contributed by atoms with Gasteiger partial charge in [0.25, 0.3) is 5.69 Å². The SMILES string of the molecule is N#C/C(=C/c1cc(Br)ccc1OCc1ccc([N+](=O)[O-])cc1)c1ccc(C(=O)O)cc1. The van der Waals surface area contributed by atoms with Gasteiger partial charge in [-0.15, -0.1) is 0 Å². The molecule has 0 saturated carbocycles. The summed E-state index contributed by atoms with van der Waals surface area (Å²) < 4.78 is 6.68. The lowest BCUT2D eigenvalue weighted by Gasteiger charge is -2.11. The van der Waals surface area contributed by atoms with Crippen LogP contribution in [-0.2, 0) is 6.61 Å². The topological polar surface area (TPSA) is 113 Å². The van der Waals surface area contributed by atoms with E-state index in [2.05, 4.69) is 22.0 Å². The number of halogens is 1. The van der Waals surface area contributed by atoms with E-state index in [0.29, 0.717) is 22.4 Å². The molecule has 3 rings (SSSR count). The lowest BCUT2D eigenvalue weighted by Crippen LogP contribution is -1.98. The highest BCUT2D eigenvalue weighted by molar-refractivity contribution is 9.10. The highest BCUT2D eigenvalue weighted by atomic mass is 79.9. The third-order valence-electron chi connectivity index (χ3n) is 4.38. The number of aromatic carboxylic acids is 1. The van der Waals surface area contributed by atoms with Crippen molar-refractivity contribution < 1.29 is 19.6 Å². The normalized spacial score (nSPS) is 10.9. The smallest absolute Gasteiger partial charge is 0.335 e. The van der Waals surface area contributed by atoms with Crippen LogP contribution < -0.4 is 4.74 Å².